The summed E-state index contributed by atoms with van der Waals surface area (Å²) in [5.74, 6) is -0.726. The van der Waals surface area contributed by atoms with Crippen LogP contribution in [0.25, 0.3) is 6.08 Å². The Kier molecular flexibility index (Phi) is 7.60. The van der Waals surface area contributed by atoms with Crippen LogP contribution in [0, 0.1) is 0 Å². The van der Waals surface area contributed by atoms with Crippen molar-refractivity contribution in [1.29, 1.82) is 0 Å². The molecule has 0 aromatic heterocycles. The molecule has 1 saturated heterocycles. The van der Waals surface area contributed by atoms with E-state index in [2.05, 4.69) is 26.6 Å². The molecule has 0 aliphatic carbocycles. The molecular formula is C22H20BrN3O5S. The van der Waals surface area contributed by atoms with Crippen LogP contribution in [0.3, 0.4) is 0 Å². The Morgan fingerprint density at radius 3 is 2.56 bits per heavy atom. The molecule has 166 valence electrons. The summed E-state index contributed by atoms with van der Waals surface area (Å²) >= 11 is 8.38. The van der Waals surface area contributed by atoms with Crippen molar-refractivity contribution in [2.75, 3.05) is 25.6 Å². The van der Waals surface area contributed by atoms with Crippen molar-refractivity contribution in [2.45, 2.75) is 6.92 Å². The Morgan fingerprint density at radius 2 is 1.88 bits per heavy atom. The maximum atomic E-state index is 12.5. The van der Waals surface area contributed by atoms with E-state index in [0.29, 0.717) is 33.8 Å². The van der Waals surface area contributed by atoms with Gasteiger partial charge in [-0.3, -0.25) is 24.6 Å². The Labute approximate surface area is 198 Å². The van der Waals surface area contributed by atoms with Gasteiger partial charge in [0, 0.05) is 17.2 Å². The van der Waals surface area contributed by atoms with E-state index >= 15 is 0 Å². The molecule has 0 radical (unpaired) electrons. The second kappa shape index (κ2) is 10.4. The van der Waals surface area contributed by atoms with Crippen LogP contribution >= 0.6 is 28.1 Å². The molecule has 32 heavy (non-hydrogen) atoms. The zero-order chi connectivity index (χ0) is 23.3. The maximum absolute atomic E-state index is 12.5. The molecule has 3 amide bonds. The molecule has 1 aliphatic heterocycles. The first kappa shape index (κ1) is 23.4. The summed E-state index contributed by atoms with van der Waals surface area (Å²) in [6, 6.07) is 12.3. The van der Waals surface area contributed by atoms with Gasteiger partial charge in [0.05, 0.1) is 6.61 Å². The SMILES string of the molecule is CCOc1cc(/C=C2\C(=O)NC(=S)N(C)C2=O)c(Br)cc1OCC(=O)Nc1ccccc1. The molecule has 1 fully saturated rings. The minimum Gasteiger partial charge on any atom is -0.490 e. The van der Waals surface area contributed by atoms with Crippen molar-refractivity contribution < 1.29 is 23.9 Å². The molecule has 8 nitrogen and oxygen atoms in total. The minimum absolute atomic E-state index is 0.0451. The zero-order valence-electron chi connectivity index (χ0n) is 17.3. The van der Waals surface area contributed by atoms with Crippen molar-refractivity contribution in [3.05, 3.63) is 58.1 Å². The van der Waals surface area contributed by atoms with E-state index in [1.165, 1.54) is 18.0 Å². The largest absolute Gasteiger partial charge is 0.490 e. The number of nitrogens with zero attached hydrogens (tertiary/aromatic N) is 1. The highest BCUT2D eigenvalue weighted by Gasteiger charge is 2.31. The number of nitrogens with one attached hydrogen (secondary N) is 2. The first-order valence-corrected chi connectivity index (χ1v) is 10.8. The zero-order valence-corrected chi connectivity index (χ0v) is 19.7. The molecule has 3 rings (SSSR count). The lowest BCUT2D eigenvalue weighted by molar-refractivity contribution is -0.128. The molecule has 1 aliphatic rings. The molecule has 2 N–H and O–H groups in total. The number of halogens is 1. The standard InChI is InChI=1S/C22H20BrN3O5S/c1-3-30-17-10-13(9-15-20(28)25-22(32)26(2)21(15)29)16(23)11-18(17)31-12-19(27)24-14-7-5-4-6-8-14/h4-11H,3,12H2,1-2H3,(H,24,27)(H,25,28,32)/b15-9+. The second-order valence-electron chi connectivity index (χ2n) is 6.64. The second-order valence-corrected chi connectivity index (χ2v) is 7.88. The topological polar surface area (TPSA) is 97.0 Å². The molecule has 0 saturated carbocycles. The van der Waals surface area contributed by atoms with E-state index in [1.54, 1.807) is 31.2 Å². The average Bonchev–Trinajstić information content (AvgIpc) is 2.76. The number of benzene rings is 2. The van der Waals surface area contributed by atoms with Crippen LogP contribution < -0.4 is 20.1 Å². The first-order chi connectivity index (χ1) is 15.3. The van der Waals surface area contributed by atoms with Crippen molar-refractivity contribution in [3.8, 4) is 11.5 Å². The number of likely N-dealkylation sites (N-methyl/N-ethyl adjacent to an activating group) is 1. The van der Waals surface area contributed by atoms with Gasteiger partial charge >= 0.3 is 0 Å². The molecule has 0 spiro atoms. The summed E-state index contributed by atoms with van der Waals surface area (Å²) in [5, 5.41) is 5.25. The van der Waals surface area contributed by atoms with E-state index in [1.807, 2.05) is 18.2 Å². The van der Waals surface area contributed by atoms with Crippen LogP contribution in [0.4, 0.5) is 5.69 Å². The predicted octanol–water partition coefficient (Wildman–Crippen LogP) is 3.12. The summed E-state index contributed by atoms with van der Waals surface area (Å²) in [6.45, 7) is 1.92. The van der Waals surface area contributed by atoms with Crippen LogP contribution in [0.2, 0.25) is 0 Å². The summed E-state index contributed by atoms with van der Waals surface area (Å²) in [5.41, 5.74) is 1.11. The number of para-hydroxylation sites is 1. The highest BCUT2D eigenvalue weighted by Crippen LogP contribution is 2.35. The van der Waals surface area contributed by atoms with Crippen LogP contribution in [0.1, 0.15) is 12.5 Å². The van der Waals surface area contributed by atoms with Crippen molar-refractivity contribution in [3.63, 3.8) is 0 Å². The number of anilines is 1. The quantitative estimate of drug-likeness (QED) is 0.332. The van der Waals surface area contributed by atoms with Gasteiger partial charge in [0.15, 0.2) is 23.2 Å². The molecule has 0 unspecified atom stereocenters. The van der Waals surface area contributed by atoms with Gasteiger partial charge in [-0.15, -0.1) is 0 Å². The summed E-state index contributed by atoms with van der Waals surface area (Å²) in [6.07, 6.45) is 1.44. The van der Waals surface area contributed by atoms with Gasteiger partial charge in [-0.2, -0.15) is 0 Å². The Balaban J connectivity index is 1.81. The summed E-state index contributed by atoms with van der Waals surface area (Å²) in [4.78, 5) is 38.1. The molecule has 1 heterocycles. The van der Waals surface area contributed by atoms with Gasteiger partial charge in [0.25, 0.3) is 17.7 Å². The third-order valence-electron chi connectivity index (χ3n) is 4.38. The number of carbonyl (C=O) groups excluding carboxylic acids is 3. The van der Waals surface area contributed by atoms with Gasteiger partial charge in [-0.1, -0.05) is 34.1 Å². The van der Waals surface area contributed by atoms with E-state index in [0.717, 1.165) is 0 Å². The van der Waals surface area contributed by atoms with E-state index < -0.39 is 11.8 Å². The predicted molar refractivity (Wildman–Crippen MR) is 127 cm³/mol. The van der Waals surface area contributed by atoms with Gasteiger partial charge in [0.1, 0.15) is 5.57 Å². The molecule has 2 aromatic rings. The summed E-state index contributed by atoms with van der Waals surface area (Å²) < 4.78 is 11.8. The van der Waals surface area contributed by atoms with E-state index in [9.17, 15) is 14.4 Å². The number of rotatable bonds is 7. The van der Waals surface area contributed by atoms with Crippen molar-refractivity contribution >= 4 is 62.7 Å². The van der Waals surface area contributed by atoms with Crippen molar-refractivity contribution in [2.24, 2.45) is 0 Å². The van der Waals surface area contributed by atoms with Gasteiger partial charge in [-0.05, 0) is 55.0 Å². The lowest BCUT2D eigenvalue weighted by Gasteiger charge is -2.25. The average molecular weight is 518 g/mol. The third-order valence-corrected chi connectivity index (χ3v) is 5.45. The molecule has 2 aromatic carbocycles. The third kappa shape index (κ3) is 5.51. The normalized spacial score (nSPS) is 14.9. The lowest BCUT2D eigenvalue weighted by Crippen LogP contribution is -2.52. The number of ether oxygens (including phenoxy) is 2. The van der Waals surface area contributed by atoms with Crippen LogP contribution in [-0.4, -0.2) is 48.0 Å². The van der Waals surface area contributed by atoms with Gasteiger partial charge in [0.2, 0.25) is 0 Å². The fourth-order valence-corrected chi connectivity index (χ4v) is 3.42. The first-order valence-electron chi connectivity index (χ1n) is 9.59. The highest BCUT2D eigenvalue weighted by molar-refractivity contribution is 9.10. The van der Waals surface area contributed by atoms with Crippen LogP contribution in [-0.2, 0) is 14.4 Å². The lowest BCUT2D eigenvalue weighted by atomic mass is 10.1. The van der Waals surface area contributed by atoms with E-state index in [-0.39, 0.29) is 23.2 Å². The monoisotopic (exact) mass is 517 g/mol. The van der Waals surface area contributed by atoms with Gasteiger partial charge < -0.3 is 14.8 Å². The Hall–Kier alpha value is -3.24. The highest BCUT2D eigenvalue weighted by atomic mass is 79.9. The Morgan fingerprint density at radius 1 is 1.19 bits per heavy atom. The number of thiocarbonyl (C=S) groups is 1. The number of carbonyl (C=O) groups is 3. The number of hydrogen-bond donors (Lipinski definition) is 2. The van der Waals surface area contributed by atoms with Crippen LogP contribution in [0.15, 0.2) is 52.5 Å². The fraction of sp³-hybridized carbons (Fsp3) is 0.182. The van der Waals surface area contributed by atoms with E-state index in [4.69, 9.17) is 21.7 Å². The molecule has 0 bridgehead atoms. The number of amides is 3. The molecule has 10 heteroatoms. The summed E-state index contributed by atoms with van der Waals surface area (Å²) in [7, 11) is 1.48. The molecular weight excluding hydrogens is 498 g/mol. The minimum atomic E-state index is -0.583. The maximum Gasteiger partial charge on any atom is 0.265 e. The molecule has 0 atom stereocenters. The van der Waals surface area contributed by atoms with Crippen LogP contribution in [0.5, 0.6) is 11.5 Å². The Bertz CT molecular complexity index is 1100. The number of hydrogen-bond acceptors (Lipinski definition) is 6. The van der Waals surface area contributed by atoms with Crippen molar-refractivity contribution in [1.82, 2.24) is 10.2 Å². The fourth-order valence-electron chi connectivity index (χ4n) is 2.81. The smallest absolute Gasteiger partial charge is 0.265 e. The van der Waals surface area contributed by atoms with Gasteiger partial charge in [-0.25, -0.2) is 0 Å².